The first-order valence-electron chi connectivity index (χ1n) is 8.41. The van der Waals surface area contributed by atoms with E-state index < -0.39 is 48.8 Å². The van der Waals surface area contributed by atoms with Gasteiger partial charge in [-0.1, -0.05) is 0 Å². The number of aliphatic hydroxyl groups is 3. The molecule has 5 atom stereocenters. The third-order valence-corrected chi connectivity index (χ3v) is 4.43. The van der Waals surface area contributed by atoms with Crippen LogP contribution in [0, 0.1) is 6.92 Å². The van der Waals surface area contributed by atoms with Crippen LogP contribution in [0.15, 0.2) is 33.5 Å². The van der Waals surface area contributed by atoms with Gasteiger partial charge in [0.1, 0.15) is 35.7 Å². The molecule has 1 fully saturated rings. The number of carbonyl (C=O) groups excluding carboxylic acids is 1. The van der Waals surface area contributed by atoms with Crippen LogP contribution < -0.4 is 15.7 Å². The lowest BCUT2D eigenvalue weighted by atomic mass is 9.97. The van der Waals surface area contributed by atoms with E-state index in [-0.39, 0.29) is 5.75 Å². The summed E-state index contributed by atoms with van der Waals surface area (Å²) >= 11 is 0. The largest absolute Gasteiger partial charge is 0.462 e. The number of hydrogen-bond acceptors (Lipinski definition) is 8. The first kappa shape index (κ1) is 19.3. The number of rotatable bonds is 4. The van der Waals surface area contributed by atoms with Gasteiger partial charge < -0.3 is 34.5 Å². The molecule has 0 aliphatic carbocycles. The maximum Gasteiger partial charge on any atom is 0.336 e. The van der Waals surface area contributed by atoms with Crippen molar-refractivity contribution in [3.8, 4) is 5.75 Å². The van der Waals surface area contributed by atoms with Crippen LogP contribution in [-0.2, 0) is 9.53 Å². The van der Waals surface area contributed by atoms with E-state index in [0.717, 1.165) is 10.9 Å². The van der Waals surface area contributed by atoms with E-state index in [4.69, 9.17) is 13.9 Å². The Morgan fingerprint density at radius 2 is 2.00 bits per heavy atom. The third-order valence-electron chi connectivity index (χ3n) is 4.43. The SMILES string of the molecule is CC(=O)N[C@@H]1[C@H](Oc2ccc3c(C)cc(=O)oc3c2)O[C@H](CO)[C@@H](O)[C@H]1O. The Bertz CT molecular complexity index is 895. The fraction of sp³-hybridized carbons (Fsp3) is 0.444. The molecular weight excluding hydrogens is 358 g/mol. The fourth-order valence-electron chi connectivity index (χ4n) is 3.08. The van der Waals surface area contributed by atoms with Gasteiger partial charge in [-0.3, -0.25) is 4.79 Å². The maximum atomic E-state index is 11.6. The quantitative estimate of drug-likeness (QED) is 0.518. The molecule has 0 radical (unpaired) electrons. The molecule has 9 heteroatoms. The smallest absolute Gasteiger partial charge is 0.336 e. The number of hydrogen-bond donors (Lipinski definition) is 4. The van der Waals surface area contributed by atoms with Crippen molar-refractivity contribution in [1.29, 1.82) is 0 Å². The number of carbonyl (C=O) groups is 1. The summed E-state index contributed by atoms with van der Waals surface area (Å²) in [6, 6.07) is 5.12. The normalized spacial score (nSPS) is 28.1. The van der Waals surface area contributed by atoms with Crippen LogP contribution in [0.3, 0.4) is 0 Å². The summed E-state index contributed by atoms with van der Waals surface area (Å²) in [5.41, 5.74) is 0.557. The average Bonchev–Trinajstić information content (AvgIpc) is 2.60. The first-order valence-corrected chi connectivity index (χ1v) is 8.41. The summed E-state index contributed by atoms with van der Waals surface area (Å²) in [5.74, 6) is -0.192. The lowest BCUT2D eigenvalue weighted by Gasteiger charge is -2.42. The van der Waals surface area contributed by atoms with Crippen molar-refractivity contribution in [2.24, 2.45) is 0 Å². The van der Waals surface area contributed by atoms with E-state index in [0.29, 0.717) is 5.58 Å². The Balaban J connectivity index is 1.91. The fourth-order valence-corrected chi connectivity index (χ4v) is 3.08. The van der Waals surface area contributed by atoms with Crippen molar-refractivity contribution in [2.75, 3.05) is 6.61 Å². The van der Waals surface area contributed by atoms with Gasteiger partial charge in [0.2, 0.25) is 12.2 Å². The van der Waals surface area contributed by atoms with Crippen molar-refractivity contribution >= 4 is 16.9 Å². The van der Waals surface area contributed by atoms with Crippen LogP contribution in [-0.4, -0.2) is 58.5 Å². The van der Waals surface area contributed by atoms with E-state index in [1.165, 1.54) is 19.1 Å². The Kier molecular flexibility index (Phi) is 5.47. The van der Waals surface area contributed by atoms with Gasteiger partial charge in [0.05, 0.1) is 6.61 Å². The first-order chi connectivity index (χ1) is 12.8. The van der Waals surface area contributed by atoms with Crippen molar-refractivity contribution in [2.45, 2.75) is 44.5 Å². The molecule has 146 valence electrons. The number of benzene rings is 1. The van der Waals surface area contributed by atoms with Crippen molar-refractivity contribution < 1.29 is 34.0 Å². The van der Waals surface area contributed by atoms with Crippen LogP contribution in [0.25, 0.3) is 11.0 Å². The molecule has 4 N–H and O–H groups in total. The number of ether oxygens (including phenoxy) is 2. The third kappa shape index (κ3) is 3.96. The Morgan fingerprint density at radius 3 is 2.67 bits per heavy atom. The van der Waals surface area contributed by atoms with Crippen LogP contribution >= 0.6 is 0 Å². The standard InChI is InChI=1S/C18H21NO8/c1-8-5-14(22)26-12-6-10(3-4-11(8)12)25-18-15(19-9(2)21)17(24)16(23)13(7-20)27-18/h3-6,13,15-18,20,23-24H,7H2,1-2H3,(H,19,21)/t13-,15+,16-,17+,18-/m1/s1. The van der Waals surface area contributed by atoms with Crippen LogP contribution in [0.5, 0.6) is 5.75 Å². The highest BCUT2D eigenvalue weighted by Gasteiger charge is 2.46. The molecule has 1 aliphatic heterocycles. The second-order valence-electron chi connectivity index (χ2n) is 6.46. The van der Waals surface area contributed by atoms with Gasteiger partial charge >= 0.3 is 5.63 Å². The zero-order valence-electron chi connectivity index (χ0n) is 14.8. The van der Waals surface area contributed by atoms with E-state index >= 15 is 0 Å². The summed E-state index contributed by atoms with van der Waals surface area (Å²) in [6.45, 7) is 2.48. The second kappa shape index (κ2) is 7.65. The summed E-state index contributed by atoms with van der Waals surface area (Å²) < 4.78 is 16.4. The molecule has 3 rings (SSSR count). The van der Waals surface area contributed by atoms with E-state index in [1.807, 2.05) is 0 Å². The van der Waals surface area contributed by atoms with Crippen LogP contribution in [0.1, 0.15) is 12.5 Å². The van der Waals surface area contributed by atoms with E-state index in [9.17, 15) is 24.9 Å². The zero-order valence-corrected chi connectivity index (χ0v) is 14.8. The molecule has 0 spiro atoms. The van der Waals surface area contributed by atoms with Gasteiger partial charge in [-0.05, 0) is 24.6 Å². The summed E-state index contributed by atoms with van der Waals surface area (Å²) in [6.07, 6.45) is -5.08. The molecule has 2 heterocycles. The van der Waals surface area contributed by atoms with Gasteiger partial charge in [0.25, 0.3) is 0 Å². The predicted octanol–water partition coefficient (Wildman–Crippen LogP) is -0.576. The van der Waals surface area contributed by atoms with Gasteiger partial charge in [-0.15, -0.1) is 0 Å². The highest BCUT2D eigenvalue weighted by Crippen LogP contribution is 2.27. The molecule has 27 heavy (non-hydrogen) atoms. The molecular formula is C18H21NO8. The highest BCUT2D eigenvalue weighted by atomic mass is 16.7. The minimum atomic E-state index is -1.41. The Labute approximate surface area is 154 Å². The molecule has 0 bridgehead atoms. The summed E-state index contributed by atoms with van der Waals surface area (Å²) in [5, 5.41) is 32.9. The second-order valence-corrected chi connectivity index (χ2v) is 6.46. The minimum absolute atomic E-state index is 0.261. The molecule has 0 saturated carbocycles. The van der Waals surface area contributed by atoms with Gasteiger partial charge in [-0.2, -0.15) is 0 Å². The summed E-state index contributed by atoms with van der Waals surface area (Å²) in [7, 11) is 0. The number of nitrogens with one attached hydrogen (secondary N) is 1. The molecule has 0 unspecified atom stereocenters. The molecule has 1 amide bonds. The van der Waals surface area contributed by atoms with Crippen LogP contribution in [0.4, 0.5) is 0 Å². The van der Waals surface area contributed by atoms with Gasteiger partial charge in [0.15, 0.2) is 0 Å². The molecule has 2 aromatic rings. The van der Waals surface area contributed by atoms with Crippen molar-refractivity contribution in [3.05, 3.63) is 40.2 Å². The zero-order chi connectivity index (χ0) is 19.7. The van der Waals surface area contributed by atoms with Gasteiger partial charge in [0, 0.05) is 24.4 Å². The predicted molar refractivity (Wildman–Crippen MR) is 93.2 cm³/mol. The number of aliphatic hydroxyl groups excluding tert-OH is 3. The lowest BCUT2D eigenvalue weighted by Crippen LogP contribution is -2.65. The van der Waals surface area contributed by atoms with Crippen LogP contribution in [0.2, 0.25) is 0 Å². The Morgan fingerprint density at radius 1 is 1.26 bits per heavy atom. The summed E-state index contributed by atoms with van der Waals surface area (Å²) in [4.78, 5) is 23.0. The highest BCUT2D eigenvalue weighted by molar-refractivity contribution is 5.81. The Hall–Kier alpha value is -2.46. The maximum absolute atomic E-state index is 11.6. The van der Waals surface area contributed by atoms with Crippen molar-refractivity contribution in [1.82, 2.24) is 5.32 Å². The molecule has 1 aromatic carbocycles. The van der Waals surface area contributed by atoms with Gasteiger partial charge in [-0.25, -0.2) is 4.79 Å². The number of aryl methyl sites for hydroxylation is 1. The molecule has 9 nitrogen and oxygen atoms in total. The molecule has 1 saturated heterocycles. The van der Waals surface area contributed by atoms with E-state index in [2.05, 4.69) is 5.32 Å². The van der Waals surface area contributed by atoms with Crippen molar-refractivity contribution in [3.63, 3.8) is 0 Å². The lowest BCUT2D eigenvalue weighted by molar-refractivity contribution is -0.244. The minimum Gasteiger partial charge on any atom is -0.462 e. The number of fused-ring (bicyclic) bond motifs is 1. The average molecular weight is 379 g/mol. The van der Waals surface area contributed by atoms with E-state index in [1.54, 1.807) is 19.1 Å². The number of amides is 1. The monoisotopic (exact) mass is 379 g/mol. The topological polar surface area (TPSA) is 138 Å². The molecule has 1 aromatic heterocycles. The molecule has 1 aliphatic rings.